The van der Waals surface area contributed by atoms with E-state index in [0.717, 1.165) is 77.0 Å². The molecule has 0 rings (SSSR count). The number of allylic oxidation sites excluding steroid dienone is 6. The maximum absolute atomic E-state index is 13.1. The number of carbonyl (C=O) groups excluding carboxylic acids is 2. The second kappa shape index (κ2) is 44.2. The van der Waals surface area contributed by atoms with Crippen LogP contribution in [0.3, 0.4) is 0 Å². The summed E-state index contributed by atoms with van der Waals surface area (Å²) in [4.78, 5) is 26.0. The van der Waals surface area contributed by atoms with Gasteiger partial charge in [0, 0.05) is 6.42 Å². The summed E-state index contributed by atoms with van der Waals surface area (Å²) in [5.74, 6) is -0.494. The molecule has 56 heavy (non-hydrogen) atoms. The van der Waals surface area contributed by atoms with Crippen molar-refractivity contribution in [3.05, 3.63) is 36.5 Å². The zero-order valence-corrected chi connectivity index (χ0v) is 37.3. The number of rotatable bonds is 43. The van der Waals surface area contributed by atoms with Crippen LogP contribution in [0.4, 0.5) is 0 Å². The number of nitrogens with one attached hydrogen (secondary N) is 1. The smallest absolute Gasteiger partial charge is 0.306 e. The molecule has 0 aromatic rings. The third-order valence-electron chi connectivity index (χ3n) is 11.0. The van der Waals surface area contributed by atoms with Crippen LogP contribution in [-0.2, 0) is 14.3 Å². The van der Waals surface area contributed by atoms with Gasteiger partial charge in [0.25, 0.3) is 0 Å². The summed E-state index contributed by atoms with van der Waals surface area (Å²) in [6.45, 7) is 6.42. The molecule has 0 saturated heterocycles. The normalized spacial score (nSPS) is 13.6. The van der Waals surface area contributed by atoms with E-state index in [9.17, 15) is 19.8 Å². The molecule has 3 N–H and O–H groups in total. The van der Waals surface area contributed by atoms with Gasteiger partial charge in [-0.25, -0.2) is 0 Å². The Morgan fingerprint density at radius 3 is 1.41 bits per heavy atom. The molecule has 0 aromatic heterocycles. The number of amides is 1. The number of unbranched alkanes of at least 4 members (excludes halogenated alkanes) is 25. The molecule has 0 spiro atoms. The van der Waals surface area contributed by atoms with Crippen molar-refractivity contribution in [2.75, 3.05) is 6.61 Å². The van der Waals surface area contributed by atoms with E-state index in [1.54, 1.807) is 0 Å². The highest BCUT2D eigenvalue weighted by Crippen LogP contribution is 2.18. The molecule has 6 nitrogen and oxygen atoms in total. The fourth-order valence-corrected chi connectivity index (χ4v) is 7.26. The Labute approximate surface area is 347 Å². The Balaban J connectivity index is 4.57. The summed E-state index contributed by atoms with van der Waals surface area (Å²) in [7, 11) is 0. The van der Waals surface area contributed by atoms with Gasteiger partial charge in [-0.15, -0.1) is 0 Å². The Hall–Kier alpha value is -1.92. The summed E-state index contributed by atoms with van der Waals surface area (Å²) in [6.07, 6.45) is 50.6. The summed E-state index contributed by atoms with van der Waals surface area (Å²) in [5, 5.41) is 23.6. The molecule has 1 amide bonds. The second-order valence-corrected chi connectivity index (χ2v) is 16.5. The van der Waals surface area contributed by atoms with Crippen LogP contribution in [0.5, 0.6) is 0 Å². The van der Waals surface area contributed by atoms with Crippen molar-refractivity contribution in [3.63, 3.8) is 0 Å². The summed E-state index contributed by atoms with van der Waals surface area (Å²) >= 11 is 0. The van der Waals surface area contributed by atoms with E-state index in [1.807, 2.05) is 0 Å². The third kappa shape index (κ3) is 38.9. The molecule has 0 heterocycles. The van der Waals surface area contributed by atoms with Crippen molar-refractivity contribution in [2.24, 2.45) is 0 Å². The van der Waals surface area contributed by atoms with E-state index in [-0.39, 0.29) is 24.9 Å². The lowest BCUT2D eigenvalue weighted by molar-refractivity contribution is -0.151. The topological polar surface area (TPSA) is 95.9 Å². The largest absolute Gasteiger partial charge is 0.462 e. The molecule has 3 unspecified atom stereocenters. The molecule has 0 aromatic carbocycles. The molecule has 0 bridgehead atoms. The van der Waals surface area contributed by atoms with Crippen LogP contribution < -0.4 is 5.32 Å². The first kappa shape index (κ1) is 54.1. The minimum Gasteiger partial charge on any atom is -0.462 e. The SMILES string of the molecule is CCCCC/C=C\C/C=C\C/C=C\CCCCCCC(=O)OC(CCCCCCCCCCCCC)CC(=O)NC(CO)C(O)CCCCCCCCCCC. The van der Waals surface area contributed by atoms with Crippen LogP contribution in [0.15, 0.2) is 36.5 Å². The lowest BCUT2D eigenvalue weighted by atomic mass is 10.0. The molecular weight excluding hydrogens is 695 g/mol. The highest BCUT2D eigenvalue weighted by molar-refractivity contribution is 5.77. The van der Waals surface area contributed by atoms with Gasteiger partial charge in [-0.2, -0.15) is 0 Å². The molecule has 6 heteroatoms. The van der Waals surface area contributed by atoms with Crippen molar-refractivity contribution < 1.29 is 24.5 Å². The molecule has 0 aliphatic carbocycles. The number of ether oxygens (including phenoxy) is 1. The number of carbonyl (C=O) groups is 2. The van der Waals surface area contributed by atoms with Crippen LogP contribution in [0.2, 0.25) is 0 Å². The number of aliphatic hydroxyl groups is 2. The van der Waals surface area contributed by atoms with Gasteiger partial charge in [-0.3, -0.25) is 9.59 Å². The quantitative estimate of drug-likeness (QED) is 0.0325. The lowest BCUT2D eigenvalue weighted by Crippen LogP contribution is -2.46. The summed E-state index contributed by atoms with van der Waals surface area (Å²) in [6, 6.07) is -0.700. The highest BCUT2D eigenvalue weighted by Gasteiger charge is 2.24. The molecule has 0 aliphatic rings. The zero-order valence-electron chi connectivity index (χ0n) is 37.3. The Bertz CT molecular complexity index is 930. The molecule has 3 atom stereocenters. The van der Waals surface area contributed by atoms with Crippen molar-refractivity contribution in [1.82, 2.24) is 5.32 Å². The van der Waals surface area contributed by atoms with E-state index in [4.69, 9.17) is 4.74 Å². The summed E-state index contributed by atoms with van der Waals surface area (Å²) < 4.78 is 5.90. The van der Waals surface area contributed by atoms with Crippen LogP contribution in [-0.4, -0.2) is 46.9 Å². The zero-order chi connectivity index (χ0) is 41.0. The number of hydrogen-bond donors (Lipinski definition) is 3. The fraction of sp³-hybridized carbons (Fsp3) is 0.840. The number of aliphatic hydroxyl groups excluding tert-OH is 2. The second-order valence-electron chi connectivity index (χ2n) is 16.5. The van der Waals surface area contributed by atoms with Crippen molar-refractivity contribution >= 4 is 11.9 Å². The van der Waals surface area contributed by atoms with E-state index in [2.05, 4.69) is 62.5 Å². The number of hydrogen-bond acceptors (Lipinski definition) is 5. The molecule has 0 fully saturated rings. The molecule has 328 valence electrons. The average molecular weight is 788 g/mol. The minimum absolute atomic E-state index is 0.0715. The molecular formula is C50H93NO5. The Morgan fingerprint density at radius 2 is 0.911 bits per heavy atom. The van der Waals surface area contributed by atoms with Gasteiger partial charge in [-0.05, 0) is 64.2 Å². The van der Waals surface area contributed by atoms with Crippen LogP contribution in [0, 0.1) is 0 Å². The van der Waals surface area contributed by atoms with E-state index in [0.29, 0.717) is 19.3 Å². The Morgan fingerprint density at radius 1 is 0.518 bits per heavy atom. The van der Waals surface area contributed by atoms with Crippen LogP contribution in [0.25, 0.3) is 0 Å². The van der Waals surface area contributed by atoms with Crippen molar-refractivity contribution in [3.8, 4) is 0 Å². The first-order chi connectivity index (χ1) is 27.5. The van der Waals surface area contributed by atoms with Gasteiger partial charge in [-0.1, -0.05) is 205 Å². The standard InChI is InChI=1S/C50H93NO5/c1-4-7-10-13-16-19-21-22-23-24-25-26-28-31-34-37-40-43-50(55)56-46(41-38-35-32-30-27-20-17-14-11-8-5-2)44-49(54)51-47(45-52)48(53)42-39-36-33-29-18-15-12-9-6-3/h16,19,22-23,25-26,46-48,52-53H,4-15,17-18,20-21,24,27-45H2,1-3H3,(H,51,54)/b19-16-,23-22-,26-25-. The van der Waals surface area contributed by atoms with Gasteiger partial charge in [0.1, 0.15) is 6.10 Å². The molecule has 0 aliphatic heterocycles. The first-order valence-corrected chi connectivity index (χ1v) is 24.2. The molecule has 0 saturated carbocycles. The molecule has 0 radical (unpaired) electrons. The Kier molecular flexibility index (Phi) is 42.7. The van der Waals surface area contributed by atoms with Gasteiger partial charge in [0.15, 0.2) is 0 Å². The maximum Gasteiger partial charge on any atom is 0.306 e. The van der Waals surface area contributed by atoms with Crippen LogP contribution in [0.1, 0.15) is 245 Å². The van der Waals surface area contributed by atoms with Crippen molar-refractivity contribution in [1.29, 1.82) is 0 Å². The monoisotopic (exact) mass is 788 g/mol. The predicted octanol–water partition coefficient (Wildman–Crippen LogP) is 14.1. The fourth-order valence-electron chi connectivity index (χ4n) is 7.26. The lowest BCUT2D eigenvalue weighted by Gasteiger charge is -2.24. The van der Waals surface area contributed by atoms with Crippen molar-refractivity contribution in [2.45, 2.75) is 264 Å². The van der Waals surface area contributed by atoms with E-state index >= 15 is 0 Å². The van der Waals surface area contributed by atoms with Gasteiger partial charge < -0.3 is 20.3 Å². The van der Waals surface area contributed by atoms with Crippen LogP contribution >= 0.6 is 0 Å². The summed E-state index contributed by atoms with van der Waals surface area (Å²) in [5.41, 5.74) is 0. The van der Waals surface area contributed by atoms with E-state index < -0.39 is 18.2 Å². The van der Waals surface area contributed by atoms with Gasteiger partial charge in [0.05, 0.1) is 25.2 Å². The minimum atomic E-state index is -0.786. The van der Waals surface area contributed by atoms with Gasteiger partial charge in [0.2, 0.25) is 5.91 Å². The average Bonchev–Trinajstić information content (AvgIpc) is 3.19. The number of esters is 1. The predicted molar refractivity (Wildman–Crippen MR) is 241 cm³/mol. The maximum atomic E-state index is 13.1. The first-order valence-electron chi connectivity index (χ1n) is 24.2. The highest BCUT2D eigenvalue weighted by atomic mass is 16.5. The van der Waals surface area contributed by atoms with E-state index in [1.165, 1.54) is 122 Å². The third-order valence-corrected chi connectivity index (χ3v) is 11.0. The van der Waals surface area contributed by atoms with Gasteiger partial charge >= 0.3 is 5.97 Å².